The highest BCUT2D eigenvalue weighted by Gasteiger charge is 2.17. The van der Waals surface area contributed by atoms with Crippen LogP contribution in [0.15, 0.2) is 24.3 Å². The quantitative estimate of drug-likeness (QED) is 0.879. The molecule has 0 unspecified atom stereocenters. The molecule has 0 spiro atoms. The molecule has 0 saturated carbocycles. The number of anilines is 1. The lowest BCUT2D eigenvalue weighted by Gasteiger charge is -2.03. The summed E-state index contributed by atoms with van der Waals surface area (Å²) >= 11 is 1.21. The lowest BCUT2D eigenvalue weighted by atomic mass is 10.1. The van der Waals surface area contributed by atoms with Gasteiger partial charge >= 0.3 is 5.97 Å². The summed E-state index contributed by atoms with van der Waals surface area (Å²) in [5, 5.41) is 0. The Balaban J connectivity index is 2.39. The van der Waals surface area contributed by atoms with Crippen LogP contribution in [0.5, 0.6) is 5.75 Å². The van der Waals surface area contributed by atoms with Gasteiger partial charge in [0, 0.05) is 4.88 Å². The number of rotatable bonds is 4. The van der Waals surface area contributed by atoms with Gasteiger partial charge in [0.25, 0.3) is 0 Å². The molecule has 0 saturated heterocycles. The van der Waals surface area contributed by atoms with E-state index in [0.29, 0.717) is 10.6 Å². The number of nitrogen functional groups attached to an aromatic ring is 1. The number of hydrogen-bond acceptors (Lipinski definition) is 5. The Morgan fingerprint density at radius 1 is 1.40 bits per heavy atom. The van der Waals surface area contributed by atoms with E-state index in [2.05, 4.69) is 0 Å². The number of halogens is 1. The van der Waals surface area contributed by atoms with Gasteiger partial charge in [0.15, 0.2) is 11.6 Å². The third-order valence-corrected chi connectivity index (χ3v) is 3.84. The normalized spacial score (nSPS) is 10.3. The third kappa shape index (κ3) is 2.75. The van der Waals surface area contributed by atoms with Crippen LogP contribution in [0.4, 0.5) is 10.1 Å². The SMILES string of the molecule is CCOC(=O)c1sc(-c2ccc(F)c(OC)c2)cc1N. The first-order valence-electron chi connectivity index (χ1n) is 5.97. The third-order valence-electron chi connectivity index (χ3n) is 2.66. The highest BCUT2D eigenvalue weighted by molar-refractivity contribution is 7.18. The van der Waals surface area contributed by atoms with Crippen LogP contribution >= 0.6 is 11.3 Å². The summed E-state index contributed by atoms with van der Waals surface area (Å²) in [7, 11) is 1.40. The molecule has 6 heteroatoms. The molecule has 0 aliphatic carbocycles. The van der Waals surface area contributed by atoms with E-state index in [0.717, 1.165) is 10.4 Å². The van der Waals surface area contributed by atoms with Crippen molar-refractivity contribution in [2.75, 3.05) is 19.5 Å². The maximum atomic E-state index is 13.4. The van der Waals surface area contributed by atoms with Gasteiger partial charge in [-0.05, 0) is 30.7 Å². The predicted octanol–water partition coefficient (Wildman–Crippen LogP) is 3.32. The molecule has 0 radical (unpaired) electrons. The fourth-order valence-electron chi connectivity index (χ4n) is 1.72. The average Bonchev–Trinajstić information content (AvgIpc) is 2.82. The number of carbonyl (C=O) groups excluding carboxylic acids is 1. The van der Waals surface area contributed by atoms with Gasteiger partial charge in [0.05, 0.1) is 19.4 Å². The number of benzene rings is 1. The van der Waals surface area contributed by atoms with Crippen molar-refractivity contribution in [1.29, 1.82) is 0 Å². The number of ether oxygens (including phenoxy) is 2. The molecule has 1 aromatic carbocycles. The molecule has 2 aromatic rings. The van der Waals surface area contributed by atoms with Gasteiger partial charge in [-0.1, -0.05) is 6.07 Å². The van der Waals surface area contributed by atoms with Gasteiger partial charge < -0.3 is 15.2 Å². The second-order valence-electron chi connectivity index (χ2n) is 3.96. The first-order chi connectivity index (χ1) is 9.56. The Hall–Kier alpha value is -2.08. The van der Waals surface area contributed by atoms with Gasteiger partial charge in [-0.3, -0.25) is 0 Å². The highest BCUT2D eigenvalue weighted by atomic mass is 32.1. The fraction of sp³-hybridized carbons (Fsp3) is 0.214. The van der Waals surface area contributed by atoms with Crippen molar-refractivity contribution in [2.45, 2.75) is 6.92 Å². The molecule has 2 N–H and O–H groups in total. The summed E-state index contributed by atoms with van der Waals surface area (Å²) in [6.45, 7) is 2.02. The number of thiophene rings is 1. The summed E-state index contributed by atoms with van der Waals surface area (Å²) in [4.78, 5) is 12.8. The molecule has 106 valence electrons. The Morgan fingerprint density at radius 2 is 2.15 bits per heavy atom. The first kappa shape index (κ1) is 14.3. The molecule has 0 fully saturated rings. The molecule has 1 aromatic heterocycles. The van der Waals surface area contributed by atoms with Crippen molar-refractivity contribution in [3.8, 4) is 16.2 Å². The molecular formula is C14H14FNO3S. The number of carbonyl (C=O) groups is 1. The lowest BCUT2D eigenvalue weighted by molar-refractivity contribution is 0.0533. The van der Waals surface area contributed by atoms with Gasteiger partial charge in [-0.25, -0.2) is 9.18 Å². The maximum Gasteiger partial charge on any atom is 0.350 e. The minimum atomic E-state index is -0.449. The monoisotopic (exact) mass is 295 g/mol. The van der Waals surface area contributed by atoms with Crippen LogP contribution in [0.25, 0.3) is 10.4 Å². The van der Waals surface area contributed by atoms with Crippen LogP contribution in [0.3, 0.4) is 0 Å². The van der Waals surface area contributed by atoms with Crippen LogP contribution in [-0.2, 0) is 4.74 Å². The first-order valence-corrected chi connectivity index (χ1v) is 6.78. The van der Waals surface area contributed by atoms with Crippen LogP contribution in [0.1, 0.15) is 16.6 Å². The summed E-state index contributed by atoms with van der Waals surface area (Å²) in [6, 6.07) is 6.16. The van der Waals surface area contributed by atoms with Crippen LogP contribution in [0.2, 0.25) is 0 Å². The fourth-order valence-corrected chi connectivity index (χ4v) is 2.69. The second kappa shape index (κ2) is 5.92. The predicted molar refractivity (Wildman–Crippen MR) is 76.6 cm³/mol. The number of hydrogen-bond donors (Lipinski definition) is 1. The topological polar surface area (TPSA) is 61.5 Å². The zero-order valence-electron chi connectivity index (χ0n) is 11.1. The van der Waals surface area contributed by atoms with E-state index in [1.807, 2.05) is 0 Å². The minimum absolute atomic E-state index is 0.146. The van der Waals surface area contributed by atoms with E-state index in [1.54, 1.807) is 25.1 Å². The largest absolute Gasteiger partial charge is 0.494 e. The molecule has 0 aliphatic rings. The highest BCUT2D eigenvalue weighted by Crippen LogP contribution is 2.35. The standard InChI is InChI=1S/C14H14FNO3S/c1-3-19-14(17)13-10(16)7-12(20-13)8-4-5-9(15)11(6-8)18-2/h4-7H,3,16H2,1-2H3. The smallest absolute Gasteiger partial charge is 0.350 e. The molecule has 0 atom stereocenters. The van der Waals surface area contributed by atoms with Crippen LogP contribution in [0, 0.1) is 5.82 Å². The van der Waals surface area contributed by atoms with E-state index in [1.165, 1.54) is 24.5 Å². The van der Waals surface area contributed by atoms with Crippen molar-refractivity contribution >= 4 is 23.0 Å². The maximum absolute atomic E-state index is 13.4. The lowest BCUT2D eigenvalue weighted by Crippen LogP contribution is -2.04. The summed E-state index contributed by atoms with van der Waals surface area (Å²) in [5.41, 5.74) is 6.90. The Kier molecular flexibility index (Phi) is 4.24. The van der Waals surface area contributed by atoms with E-state index >= 15 is 0 Å². The van der Waals surface area contributed by atoms with Gasteiger partial charge in [0.1, 0.15) is 4.88 Å². The Labute approximate surface area is 119 Å². The van der Waals surface area contributed by atoms with Crippen LogP contribution in [-0.4, -0.2) is 19.7 Å². The number of nitrogens with two attached hydrogens (primary N) is 1. The molecule has 0 amide bonds. The van der Waals surface area contributed by atoms with E-state index in [4.69, 9.17) is 15.2 Å². The molecule has 0 aliphatic heterocycles. The molecule has 2 rings (SSSR count). The summed E-state index contributed by atoms with van der Waals surface area (Å²) < 4.78 is 23.2. The second-order valence-corrected chi connectivity index (χ2v) is 5.02. The van der Waals surface area contributed by atoms with Gasteiger partial charge in [0.2, 0.25) is 0 Å². The molecule has 20 heavy (non-hydrogen) atoms. The van der Waals surface area contributed by atoms with Crippen molar-refractivity contribution in [2.24, 2.45) is 0 Å². The van der Waals surface area contributed by atoms with Gasteiger partial charge in [-0.2, -0.15) is 0 Å². The molecular weight excluding hydrogens is 281 g/mol. The van der Waals surface area contributed by atoms with Gasteiger partial charge in [-0.15, -0.1) is 11.3 Å². The Morgan fingerprint density at radius 3 is 2.80 bits per heavy atom. The zero-order chi connectivity index (χ0) is 14.7. The van der Waals surface area contributed by atoms with E-state index < -0.39 is 11.8 Å². The minimum Gasteiger partial charge on any atom is -0.494 e. The van der Waals surface area contributed by atoms with Crippen LogP contribution < -0.4 is 10.5 Å². The summed E-state index contributed by atoms with van der Waals surface area (Å²) in [5.74, 6) is -0.742. The molecule has 0 bridgehead atoms. The Bertz CT molecular complexity index is 639. The summed E-state index contributed by atoms with van der Waals surface area (Å²) in [6.07, 6.45) is 0. The number of esters is 1. The van der Waals surface area contributed by atoms with E-state index in [9.17, 15) is 9.18 Å². The zero-order valence-corrected chi connectivity index (χ0v) is 11.9. The molecule has 4 nitrogen and oxygen atoms in total. The van der Waals surface area contributed by atoms with Crippen molar-refractivity contribution in [3.05, 3.63) is 35.0 Å². The van der Waals surface area contributed by atoms with E-state index in [-0.39, 0.29) is 12.4 Å². The van der Waals surface area contributed by atoms with Crippen molar-refractivity contribution in [3.63, 3.8) is 0 Å². The van der Waals surface area contributed by atoms with Crippen molar-refractivity contribution < 1.29 is 18.7 Å². The molecule has 1 heterocycles. The average molecular weight is 295 g/mol. The van der Waals surface area contributed by atoms with Crippen molar-refractivity contribution in [1.82, 2.24) is 0 Å². The number of methoxy groups -OCH3 is 1.